The molecule has 0 aromatic heterocycles. The average Bonchev–Trinajstić information content (AvgIpc) is 3.20. The van der Waals surface area contributed by atoms with Gasteiger partial charge in [-0.1, -0.05) is 0 Å². The molecule has 0 bridgehead atoms. The molecule has 0 aromatic carbocycles. The second kappa shape index (κ2) is 5.54. The van der Waals surface area contributed by atoms with E-state index in [1.807, 2.05) is 0 Å². The van der Waals surface area contributed by atoms with Gasteiger partial charge in [0.05, 0.1) is 25.3 Å². The van der Waals surface area contributed by atoms with Gasteiger partial charge in [0.2, 0.25) is 5.91 Å². The fourth-order valence-electron chi connectivity index (χ4n) is 2.88. The fraction of sp³-hybridized carbons (Fsp3) is 0.923. The Labute approximate surface area is 117 Å². The first kappa shape index (κ1) is 14.2. The Balaban J connectivity index is 1.41. The van der Waals surface area contributed by atoms with Crippen molar-refractivity contribution >= 4 is 5.91 Å². The van der Waals surface area contributed by atoms with Crippen molar-refractivity contribution in [3.63, 3.8) is 0 Å². The van der Waals surface area contributed by atoms with E-state index in [4.69, 9.17) is 4.74 Å². The van der Waals surface area contributed by atoms with Crippen LogP contribution in [0.15, 0.2) is 0 Å². The molecule has 2 heterocycles. The van der Waals surface area contributed by atoms with Crippen LogP contribution < -0.4 is 10.6 Å². The number of morpholine rings is 1. The van der Waals surface area contributed by atoms with Crippen molar-refractivity contribution in [1.29, 1.82) is 0 Å². The highest BCUT2D eigenvalue weighted by atomic mass is 19.3. The van der Waals surface area contributed by atoms with Gasteiger partial charge in [0, 0.05) is 32.1 Å². The van der Waals surface area contributed by atoms with Gasteiger partial charge in [-0.3, -0.25) is 15.0 Å². The van der Waals surface area contributed by atoms with Gasteiger partial charge in [0.15, 0.2) is 0 Å². The van der Waals surface area contributed by atoms with Crippen molar-refractivity contribution in [2.75, 3.05) is 32.8 Å². The van der Waals surface area contributed by atoms with Crippen molar-refractivity contribution in [2.45, 2.75) is 43.4 Å². The van der Waals surface area contributed by atoms with E-state index >= 15 is 0 Å². The fourth-order valence-corrected chi connectivity index (χ4v) is 2.88. The maximum Gasteiger partial charge on any atom is 0.262 e. The predicted molar refractivity (Wildman–Crippen MR) is 68.7 cm³/mol. The third-order valence-electron chi connectivity index (χ3n) is 4.16. The summed E-state index contributed by atoms with van der Waals surface area (Å²) in [6.45, 7) is 2.42. The summed E-state index contributed by atoms with van der Waals surface area (Å²) in [5.41, 5.74) is 0. The molecule has 1 aliphatic carbocycles. The van der Waals surface area contributed by atoms with Gasteiger partial charge in [-0.05, 0) is 12.8 Å². The Kier molecular flexibility index (Phi) is 3.92. The van der Waals surface area contributed by atoms with E-state index in [1.165, 1.54) is 12.8 Å². The molecule has 2 saturated heterocycles. The van der Waals surface area contributed by atoms with Crippen LogP contribution in [-0.4, -0.2) is 67.7 Å². The predicted octanol–water partition coefficient (Wildman–Crippen LogP) is -0.0370. The molecule has 7 heteroatoms. The summed E-state index contributed by atoms with van der Waals surface area (Å²) >= 11 is 0. The van der Waals surface area contributed by atoms with Gasteiger partial charge in [0.1, 0.15) is 0 Å². The number of nitrogens with one attached hydrogen (secondary N) is 2. The zero-order valence-corrected chi connectivity index (χ0v) is 11.4. The second-order valence-corrected chi connectivity index (χ2v) is 5.96. The second-order valence-electron chi connectivity index (χ2n) is 5.96. The lowest BCUT2D eigenvalue weighted by atomic mass is 10.2. The molecule has 2 atom stereocenters. The Morgan fingerprint density at radius 2 is 2.25 bits per heavy atom. The van der Waals surface area contributed by atoms with E-state index in [1.54, 1.807) is 0 Å². The third-order valence-corrected chi connectivity index (χ3v) is 4.16. The van der Waals surface area contributed by atoms with E-state index in [2.05, 4.69) is 15.5 Å². The standard InChI is InChI=1S/C13H21F2N3O2/c14-13(15)5-11(17-8-13)12(19)16-6-10-7-18(3-4-20-10)9-1-2-9/h9-11,17H,1-8H2,(H,16,19). The first-order valence-corrected chi connectivity index (χ1v) is 7.28. The molecule has 2 N–H and O–H groups in total. The van der Waals surface area contributed by atoms with Crippen LogP contribution in [0, 0.1) is 0 Å². The van der Waals surface area contributed by atoms with Crippen LogP contribution in [0.5, 0.6) is 0 Å². The van der Waals surface area contributed by atoms with E-state index < -0.39 is 24.9 Å². The minimum absolute atomic E-state index is 0.0322. The molecule has 2 aliphatic heterocycles. The topological polar surface area (TPSA) is 53.6 Å². The normalized spacial score (nSPS) is 34.1. The molecule has 3 fully saturated rings. The number of carbonyl (C=O) groups is 1. The molecule has 0 spiro atoms. The summed E-state index contributed by atoms with van der Waals surface area (Å²) < 4.78 is 31.7. The highest BCUT2D eigenvalue weighted by molar-refractivity contribution is 5.82. The van der Waals surface area contributed by atoms with Gasteiger partial charge in [-0.2, -0.15) is 0 Å². The summed E-state index contributed by atoms with van der Waals surface area (Å²) in [7, 11) is 0. The Bertz CT molecular complexity index is 377. The van der Waals surface area contributed by atoms with Crippen LogP contribution in [0.2, 0.25) is 0 Å². The van der Waals surface area contributed by atoms with Crippen molar-refractivity contribution in [1.82, 2.24) is 15.5 Å². The zero-order chi connectivity index (χ0) is 14.2. The highest BCUT2D eigenvalue weighted by Crippen LogP contribution is 2.28. The molecular weight excluding hydrogens is 268 g/mol. The molecule has 1 amide bonds. The number of alkyl halides is 2. The first-order chi connectivity index (χ1) is 9.53. The van der Waals surface area contributed by atoms with Crippen LogP contribution in [0.4, 0.5) is 8.78 Å². The average molecular weight is 289 g/mol. The lowest BCUT2D eigenvalue weighted by molar-refractivity contribution is -0.124. The van der Waals surface area contributed by atoms with Crippen LogP contribution in [0.25, 0.3) is 0 Å². The summed E-state index contributed by atoms with van der Waals surface area (Å²) in [5, 5.41) is 5.28. The van der Waals surface area contributed by atoms with Gasteiger partial charge in [0.25, 0.3) is 5.92 Å². The van der Waals surface area contributed by atoms with Crippen LogP contribution in [0.3, 0.4) is 0 Å². The summed E-state index contributed by atoms with van der Waals surface area (Å²) in [6.07, 6.45) is 2.05. The van der Waals surface area contributed by atoms with Gasteiger partial charge in [-0.25, -0.2) is 8.78 Å². The lowest BCUT2D eigenvalue weighted by Crippen LogP contribution is -2.50. The maximum absolute atomic E-state index is 13.0. The Morgan fingerprint density at radius 3 is 2.90 bits per heavy atom. The molecule has 3 rings (SSSR count). The van der Waals surface area contributed by atoms with Crippen LogP contribution in [-0.2, 0) is 9.53 Å². The van der Waals surface area contributed by atoms with Crippen molar-refractivity contribution < 1.29 is 18.3 Å². The van der Waals surface area contributed by atoms with E-state index in [9.17, 15) is 13.6 Å². The van der Waals surface area contributed by atoms with Gasteiger partial charge >= 0.3 is 0 Å². The van der Waals surface area contributed by atoms with E-state index in [0.29, 0.717) is 19.2 Å². The Hall–Kier alpha value is -0.790. The molecule has 1 saturated carbocycles. The molecule has 20 heavy (non-hydrogen) atoms. The highest BCUT2D eigenvalue weighted by Gasteiger charge is 2.42. The number of rotatable bonds is 4. The number of carbonyl (C=O) groups excluding carboxylic acids is 1. The third kappa shape index (κ3) is 3.45. The van der Waals surface area contributed by atoms with Crippen molar-refractivity contribution in [2.24, 2.45) is 0 Å². The monoisotopic (exact) mass is 289 g/mol. The Morgan fingerprint density at radius 1 is 1.45 bits per heavy atom. The molecule has 5 nitrogen and oxygen atoms in total. The van der Waals surface area contributed by atoms with E-state index in [0.717, 1.165) is 13.1 Å². The molecule has 114 valence electrons. The quantitative estimate of drug-likeness (QED) is 0.763. The molecule has 0 radical (unpaired) electrons. The van der Waals surface area contributed by atoms with Gasteiger partial charge < -0.3 is 10.1 Å². The number of halogens is 2. The zero-order valence-electron chi connectivity index (χ0n) is 11.4. The minimum atomic E-state index is -2.77. The number of ether oxygens (including phenoxy) is 1. The number of amides is 1. The minimum Gasteiger partial charge on any atom is -0.374 e. The largest absolute Gasteiger partial charge is 0.374 e. The SMILES string of the molecule is O=C(NCC1CN(C2CC2)CCO1)C1CC(F)(F)CN1. The smallest absolute Gasteiger partial charge is 0.262 e. The molecular formula is C13H21F2N3O2. The van der Waals surface area contributed by atoms with Crippen molar-refractivity contribution in [3.8, 4) is 0 Å². The van der Waals surface area contributed by atoms with Gasteiger partial charge in [-0.15, -0.1) is 0 Å². The molecule has 0 aromatic rings. The molecule has 2 unspecified atom stereocenters. The maximum atomic E-state index is 13.0. The van der Waals surface area contributed by atoms with Crippen LogP contribution >= 0.6 is 0 Å². The summed E-state index contributed by atoms with van der Waals surface area (Å²) in [4.78, 5) is 14.2. The summed E-state index contributed by atoms with van der Waals surface area (Å²) in [6, 6.07) is -0.0968. The number of hydrogen-bond donors (Lipinski definition) is 2. The molecule has 3 aliphatic rings. The number of hydrogen-bond acceptors (Lipinski definition) is 4. The van der Waals surface area contributed by atoms with E-state index in [-0.39, 0.29) is 12.0 Å². The van der Waals surface area contributed by atoms with Crippen molar-refractivity contribution in [3.05, 3.63) is 0 Å². The number of nitrogens with zero attached hydrogens (tertiary/aromatic N) is 1. The summed E-state index contributed by atoms with van der Waals surface area (Å²) in [5.74, 6) is -3.12. The van der Waals surface area contributed by atoms with Crippen LogP contribution in [0.1, 0.15) is 19.3 Å². The first-order valence-electron chi connectivity index (χ1n) is 7.28. The lowest BCUT2D eigenvalue weighted by Gasteiger charge is -2.33.